The fourth-order valence-corrected chi connectivity index (χ4v) is 3.66. The van der Waals surface area contributed by atoms with Crippen LogP contribution in [0.25, 0.3) is 0 Å². The van der Waals surface area contributed by atoms with E-state index in [-0.39, 0.29) is 5.56 Å². The zero-order valence-corrected chi connectivity index (χ0v) is 16.7. The normalized spacial score (nSPS) is 11.6. The topological polar surface area (TPSA) is 41.5 Å². The lowest BCUT2D eigenvalue weighted by Gasteiger charge is -2.09. The lowest BCUT2D eigenvalue weighted by atomic mass is 10.1. The van der Waals surface area contributed by atoms with Crippen LogP contribution in [0.2, 0.25) is 0 Å². The van der Waals surface area contributed by atoms with Crippen molar-refractivity contribution in [1.82, 2.24) is 5.43 Å². The fourth-order valence-electron chi connectivity index (χ4n) is 2.71. The van der Waals surface area contributed by atoms with E-state index in [1.165, 1.54) is 23.8 Å². The molecule has 3 rings (SSSR count). The first kappa shape index (κ1) is 21.6. The van der Waals surface area contributed by atoms with Crippen LogP contribution in [0.3, 0.4) is 0 Å². The minimum atomic E-state index is -4.49. The van der Waals surface area contributed by atoms with Gasteiger partial charge in [0.05, 0.1) is 11.8 Å². The van der Waals surface area contributed by atoms with Crippen LogP contribution in [0.4, 0.5) is 13.2 Å². The van der Waals surface area contributed by atoms with E-state index in [0.717, 1.165) is 29.4 Å². The van der Waals surface area contributed by atoms with E-state index >= 15 is 0 Å². The summed E-state index contributed by atoms with van der Waals surface area (Å²) < 4.78 is 38.9. The minimum Gasteiger partial charge on any atom is -0.267 e. The molecule has 0 unspecified atom stereocenters. The Hall–Kier alpha value is -3.06. The zero-order chi connectivity index (χ0) is 21.4. The molecule has 0 saturated carbocycles. The molecule has 30 heavy (non-hydrogen) atoms. The Morgan fingerprint density at radius 3 is 2.13 bits per heavy atom. The van der Waals surface area contributed by atoms with Gasteiger partial charge in [0, 0.05) is 22.6 Å². The summed E-state index contributed by atoms with van der Waals surface area (Å²) in [5.74, 6) is 1.22. The number of carbonyl (C=O) groups excluding carboxylic acids is 1. The van der Waals surface area contributed by atoms with Gasteiger partial charge in [0.2, 0.25) is 0 Å². The van der Waals surface area contributed by atoms with E-state index in [0.29, 0.717) is 5.56 Å². The molecule has 154 valence electrons. The second kappa shape index (κ2) is 10.1. The SMILES string of the molecule is O=C(N/N=C\c1ccccc1C(F)(F)F)c1ccc(CSCc2ccccc2)cc1. The average molecular weight is 428 g/mol. The maximum atomic E-state index is 13.0. The molecule has 0 aromatic heterocycles. The first-order valence-electron chi connectivity index (χ1n) is 9.14. The van der Waals surface area contributed by atoms with Gasteiger partial charge in [0.25, 0.3) is 5.91 Å². The quantitative estimate of drug-likeness (QED) is 0.376. The van der Waals surface area contributed by atoms with Crippen molar-refractivity contribution < 1.29 is 18.0 Å². The van der Waals surface area contributed by atoms with Gasteiger partial charge in [-0.05, 0) is 29.3 Å². The molecule has 0 spiro atoms. The summed E-state index contributed by atoms with van der Waals surface area (Å²) in [4.78, 5) is 12.2. The molecule has 0 atom stereocenters. The summed E-state index contributed by atoms with van der Waals surface area (Å²) in [6, 6.07) is 22.3. The molecular formula is C23H19F3N2OS. The first-order chi connectivity index (χ1) is 14.4. The van der Waals surface area contributed by atoms with Crippen molar-refractivity contribution >= 4 is 23.9 Å². The smallest absolute Gasteiger partial charge is 0.267 e. The maximum absolute atomic E-state index is 13.0. The predicted octanol–water partition coefficient (Wildman–Crippen LogP) is 5.90. The highest BCUT2D eigenvalue weighted by Crippen LogP contribution is 2.31. The number of benzene rings is 3. The molecule has 0 aliphatic heterocycles. The predicted molar refractivity (Wildman–Crippen MR) is 114 cm³/mol. The Bertz CT molecular complexity index is 1000. The summed E-state index contributed by atoms with van der Waals surface area (Å²) >= 11 is 1.77. The molecule has 0 bridgehead atoms. The number of alkyl halides is 3. The lowest BCUT2D eigenvalue weighted by molar-refractivity contribution is -0.137. The molecule has 0 aliphatic carbocycles. The van der Waals surface area contributed by atoms with E-state index in [9.17, 15) is 18.0 Å². The van der Waals surface area contributed by atoms with Crippen LogP contribution in [0.15, 0.2) is 84.0 Å². The maximum Gasteiger partial charge on any atom is 0.417 e. The molecule has 0 saturated heterocycles. The lowest BCUT2D eigenvalue weighted by Crippen LogP contribution is -2.18. The monoisotopic (exact) mass is 428 g/mol. The number of nitrogens with zero attached hydrogens (tertiary/aromatic N) is 1. The summed E-state index contributed by atoms with van der Waals surface area (Å²) in [5, 5.41) is 3.67. The van der Waals surface area contributed by atoms with Crippen molar-refractivity contribution in [2.75, 3.05) is 0 Å². The highest BCUT2D eigenvalue weighted by Gasteiger charge is 2.32. The Labute approximate surface area is 177 Å². The summed E-state index contributed by atoms with van der Waals surface area (Å²) in [5.41, 5.74) is 4.06. The van der Waals surface area contributed by atoms with Crippen LogP contribution < -0.4 is 5.43 Å². The molecule has 1 N–H and O–H groups in total. The Kier molecular flexibility index (Phi) is 7.30. The number of hydrogen-bond donors (Lipinski definition) is 1. The Morgan fingerprint density at radius 1 is 0.867 bits per heavy atom. The van der Waals surface area contributed by atoms with Crippen molar-refractivity contribution in [2.45, 2.75) is 17.7 Å². The molecule has 3 nitrogen and oxygen atoms in total. The number of halogens is 3. The largest absolute Gasteiger partial charge is 0.417 e. The second-order valence-electron chi connectivity index (χ2n) is 6.46. The Morgan fingerprint density at radius 2 is 1.47 bits per heavy atom. The van der Waals surface area contributed by atoms with Crippen molar-refractivity contribution in [3.63, 3.8) is 0 Å². The van der Waals surface area contributed by atoms with Crippen LogP contribution in [0, 0.1) is 0 Å². The number of amides is 1. The molecule has 0 fully saturated rings. The van der Waals surface area contributed by atoms with Gasteiger partial charge in [-0.1, -0.05) is 60.7 Å². The standard InChI is InChI=1S/C23H19F3N2OS/c24-23(25,26)21-9-5-4-8-20(21)14-27-28-22(29)19-12-10-18(11-13-19)16-30-15-17-6-2-1-3-7-17/h1-14H,15-16H2,(H,28,29)/b27-14-. The second-order valence-corrected chi connectivity index (χ2v) is 7.45. The van der Waals surface area contributed by atoms with Crippen molar-refractivity contribution in [3.8, 4) is 0 Å². The number of hydrazone groups is 1. The molecule has 0 heterocycles. The third-order valence-electron chi connectivity index (χ3n) is 4.23. The Balaban J connectivity index is 1.53. The van der Waals surface area contributed by atoms with Crippen LogP contribution in [-0.2, 0) is 17.7 Å². The van der Waals surface area contributed by atoms with Gasteiger partial charge in [0.1, 0.15) is 0 Å². The number of thioether (sulfide) groups is 1. The highest BCUT2D eigenvalue weighted by atomic mass is 32.2. The van der Waals surface area contributed by atoms with Gasteiger partial charge in [-0.2, -0.15) is 30.0 Å². The van der Waals surface area contributed by atoms with Gasteiger partial charge < -0.3 is 0 Å². The highest BCUT2D eigenvalue weighted by molar-refractivity contribution is 7.97. The van der Waals surface area contributed by atoms with Crippen LogP contribution in [0.5, 0.6) is 0 Å². The summed E-state index contributed by atoms with van der Waals surface area (Å²) in [7, 11) is 0. The van der Waals surface area contributed by atoms with Gasteiger partial charge in [-0.15, -0.1) is 0 Å². The van der Waals surface area contributed by atoms with Gasteiger partial charge in [-0.3, -0.25) is 4.79 Å². The minimum absolute atomic E-state index is 0.115. The van der Waals surface area contributed by atoms with Crippen LogP contribution in [0.1, 0.15) is 32.6 Å². The number of hydrogen-bond acceptors (Lipinski definition) is 3. The third-order valence-corrected chi connectivity index (χ3v) is 5.31. The molecule has 7 heteroatoms. The average Bonchev–Trinajstić information content (AvgIpc) is 2.74. The summed E-state index contributed by atoms with van der Waals surface area (Å²) in [6.07, 6.45) is -3.49. The van der Waals surface area contributed by atoms with Crippen molar-refractivity contribution in [3.05, 3.63) is 107 Å². The van der Waals surface area contributed by atoms with Gasteiger partial charge in [0.15, 0.2) is 0 Å². The fraction of sp³-hybridized carbons (Fsp3) is 0.130. The van der Waals surface area contributed by atoms with Gasteiger partial charge in [-0.25, -0.2) is 5.43 Å². The third kappa shape index (κ3) is 6.22. The molecule has 0 radical (unpaired) electrons. The van der Waals surface area contributed by atoms with Gasteiger partial charge >= 0.3 is 6.18 Å². The first-order valence-corrected chi connectivity index (χ1v) is 10.3. The number of carbonyl (C=O) groups is 1. The number of nitrogens with one attached hydrogen (secondary N) is 1. The molecule has 3 aromatic carbocycles. The van der Waals surface area contributed by atoms with Crippen molar-refractivity contribution in [1.29, 1.82) is 0 Å². The molecular weight excluding hydrogens is 409 g/mol. The molecule has 3 aromatic rings. The molecule has 1 amide bonds. The summed E-state index contributed by atoms with van der Waals surface area (Å²) in [6.45, 7) is 0. The molecule has 0 aliphatic rings. The van der Waals surface area contributed by atoms with Crippen molar-refractivity contribution in [2.24, 2.45) is 5.10 Å². The van der Waals surface area contributed by atoms with Crippen LogP contribution >= 0.6 is 11.8 Å². The van der Waals surface area contributed by atoms with E-state index in [1.807, 2.05) is 30.3 Å². The van der Waals surface area contributed by atoms with E-state index < -0.39 is 17.6 Å². The zero-order valence-electron chi connectivity index (χ0n) is 15.9. The van der Waals surface area contributed by atoms with Crippen LogP contribution in [-0.4, -0.2) is 12.1 Å². The van der Waals surface area contributed by atoms with E-state index in [4.69, 9.17) is 0 Å². The number of rotatable bonds is 7. The van der Waals surface area contributed by atoms with E-state index in [1.54, 1.807) is 23.9 Å². The van der Waals surface area contributed by atoms with E-state index in [2.05, 4.69) is 22.7 Å².